The van der Waals surface area contributed by atoms with Gasteiger partial charge in [0.15, 0.2) is 0 Å². The molecule has 0 fully saturated rings. The minimum Gasteiger partial charge on any atom is -0.394 e. The SMILES string of the molecule is O=C(NCCc1c(-c2ccc(F)cc2)[nH]c2c(F)cc(F)cc12)N[C@@H](CO)C(F)(F)F. The molecule has 0 radical (unpaired) electrons. The number of carbonyl (C=O) groups is 1. The molecule has 1 atom stereocenters. The molecule has 1 heterocycles. The third-order valence-electron chi connectivity index (χ3n) is 4.61. The molecule has 0 aliphatic carbocycles. The summed E-state index contributed by atoms with van der Waals surface area (Å²) >= 11 is 0. The Balaban J connectivity index is 1.84. The number of hydrogen-bond donors (Lipinski definition) is 4. The number of aromatic amines is 1. The van der Waals surface area contributed by atoms with Crippen molar-refractivity contribution >= 4 is 16.9 Å². The van der Waals surface area contributed by atoms with E-state index < -0.39 is 42.3 Å². The fraction of sp³-hybridized carbons (Fsp3) is 0.250. The number of benzene rings is 2. The van der Waals surface area contributed by atoms with E-state index in [1.54, 1.807) is 5.32 Å². The average molecular weight is 445 g/mol. The lowest BCUT2D eigenvalue weighted by Crippen LogP contribution is -2.51. The van der Waals surface area contributed by atoms with Gasteiger partial charge in [0.1, 0.15) is 23.5 Å². The van der Waals surface area contributed by atoms with Crippen molar-refractivity contribution in [2.75, 3.05) is 13.2 Å². The van der Waals surface area contributed by atoms with Crippen molar-refractivity contribution in [1.82, 2.24) is 15.6 Å². The number of fused-ring (bicyclic) bond motifs is 1. The number of aliphatic hydroxyl groups excluding tert-OH is 1. The maximum absolute atomic E-state index is 14.2. The Morgan fingerprint density at radius 1 is 1.06 bits per heavy atom. The molecule has 3 rings (SSSR count). The van der Waals surface area contributed by atoms with Crippen LogP contribution >= 0.6 is 0 Å². The minimum absolute atomic E-state index is 0.00116. The van der Waals surface area contributed by atoms with Crippen molar-refractivity contribution in [2.45, 2.75) is 18.6 Å². The van der Waals surface area contributed by atoms with Gasteiger partial charge in [-0.2, -0.15) is 13.2 Å². The van der Waals surface area contributed by atoms with Gasteiger partial charge in [-0.15, -0.1) is 0 Å². The van der Waals surface area contributed by atoms with Crippen molar-refractivity contribution in [1.29, 1.82) is 0 Å². The van der Waals surface area contributed by atoms with E-state index in [1.807, 2.05) is 0 Å². The standard InChI is InChI=1S/C20H17F6N3O2/c21-11-3-1-10(2-4-11)17-13(14-7-12(22)8-15(23)18(14)29-17)5-6-27-19(31)28-16(9-30)20(24,25)26/h1-4,7-8,16,29-30H,5-6,9H2,(H2,27,28,31)/t16-/m0/s1. The number of amides is 2. The van der Waals surface area contributed by atoms with E-state index in [0.29, 0.717) is 22.9 Å². The van der Waals surface area contributed by atoms with Crippen LogP contribution in [0.25, 0.3) is 22.2 Å². The smallest absolute Gasteiger partial charge is 0.394 e. The molecule has 0 unspecified atom stereocenters. The Kier molecular flexibility index (Phi) is 6.44. The van der Waals surface area contributed by atoms with Gasteiger partial charge >= 0.3 is 12.2 Å². The van der Waals surface area contributed by atoms with Gasteiger partial charge < -0.3 is 20.7 Å². The number of aliphatic hydroxyl groups is 1. The summed E-state index contributed by atoms with van der Waals surface area (Å²) < 4.78 is 79.2. The molecule has 0 bridgehead atoms. The zero-order valence-electron chi connectivity index (χ0n) is 15.8. The number of aromatic nitrogens is 1. The van der Waals surface area contributed by atoms with Crippen LogP contribution < -0.4 is 10.6 Å². The Bertz CT molecular complexity index is 1080. The van der Waals surface area contributed by atoms with Gasteiger partial charge in [0.2, 0.25) is 0 Å². The first-order valence-corrected chi connectivity index (χ1v) is 9.07. The van der Waals surface area contributed by atoms with E-state index in [1.165, 1.54) is 24.3 Å². The second-order valence-corrected chi connectivity index (χ2v) is 6.72. The number of rotatable bonds is 6. The van der Waals surface area contributed by atoms with Crippen molar-refractivity contribution in [3.63, 3.8) is 0 Å². The molecule has 166 valence electrons. The first-order valence-electron chi connectivity index (χ1n) is 9.07. The normalized spacial score (nSPS) is 12.7. The van der Waals surface area contributed by atoms with Gasteiger partial charge in [-0.3, -0.25) is 0 Å². The Hall–Kier alpha value is -3.21. The molecule has 31 heavy (non-hydrogen) atoms. The fourth-order valence-electron chi connectivity index (χ4n) is 3.14. The van der Waals surface area contributed by atoms with Crippen LogP contribution in [0.1, 0.15) is 5.56 Å². The number of halogens is 6. The third kappa shape index (κ3) is 5.10. The summed E-state index contributed by atoms with van der Waals surface area (Å²) in [5, 5.41) is 12.8. The predicted molar refractivity (Wildman–Crippen MR) is 101 cm³/mol. The molecule has 3 aromatic rings. The Labute approximate surface area is 172 Å². The highest BCUT2D eigenvalue weighted by Gasteiger charge is 2.40. The van der Waals surface area contributed by atoms with Crippen molar-refractivity contribution in [2.24, 2.45) is 0 Å². The molecule has 5 nitrogen and oxygen atoms in total. The van der Waals surface area contributed by atoms with Crippen molar-refractivity contribution in [3.05, 3.63) is 59.4 Å². The van der Waals surface area contributed by atoms with E-state index in [2.05, 4.69) is 10.3 Å². The van der Waals surface area contributed by atoms with E-state index in [0.717, 1.165) is 6.07 Å². The van der Waals surface area contributed by atoms with Gasteiger partial charge in [0.25, 0.3) is 0 Å². The van der Waals surface area contributed by atoms with Gasteiger partial charge in [-0.25, -0.2) is 18.0 Å². The third-order valence-corrected chi connectivity index (χ3v) is 4.61. The number of H-pyrrole nitrogens is 1. The van der Waals surface area contributed by atoms with E-state index >= 15 is 0 Å². The summed E-state index contributed by atoms with van der Waals surface area (Å²) in [5.41, 5.74) is 1.20. The van der Waals surface area contributed by atoms with Crippen LogP contribution in [0.3, 0.4) is 0 Å². The predicted octanol–water partition coefficient (Wildman–Crippen LogP) is 4.02. The lowest BCUT2D eigenvalue weighted by atomic mass is 10.0. The zero-order chi connectivity index (χ0) is 22.8. The Morgan fingerprint density at radius 3 is 2.35 bits per heavy atom. The number of urea groups is 1. The van der Waals surface area contributed by atoms with Crippen LogP contribution in [0, 0.1) is 17.5 Å². The van der Waals surface area contributed by atoms with Crippen molar-refractivity contribution < 1.29 is 36.2 Å². The summed E-state index contributed by atoms with van der Waals surface area (Å²) in [4.78, 5) is 14.6. The highest BCUT2D eigenvalue weighted by atomic mass is 19.4. The molecular formula is C20H17F6N3O2. The zero-order valence-corrected chi connectivity index (χ0v) is 15.8. The highest BCUT2D eigenvalue weighted by Crippen LogP contribution is 2.32. The van der Waals surface area contributed by atoms with Crippen LogP contribution in [0.4, 0.5) is 31.1 Å². The van der Waals surface area contributed by atoms with Crippen LogP contribution in [0.15, 0.2) is 36.4 Å². The van der Waals surface area contributed by atoms with Crippen molar-refractivity contribution in [3.8, 4) is 11.3 Å². The molecule has 2 aromatic carbocycles. The average Bonchev–Trinajstić information content (AvgIpc) is 3.04. The maximum atomic E-state index is 14.2. The molecule has 0 aliphatic heterocycles. The van der Waals surface area contributed by atoms with E-state index in [-0.39, 0.29) is 23.9 Å². The summed E-state index contributed by atoms with van der Waals surface area (Å²) in [6.07, 6.45) is -4.83. The largest absolute Gasteiger partial charge is 0.410 e. The summed E-state index contributed by atoms with van der Waals surface area (Å²) in [7, 11) is 0. The first kappa shape index (κ1) is 22.5. The topological polar surface area (TPSA) is 77.2 Å². The first-order chi connectivity index (χ1) is 14.6. The van der Waals surface area contributed by atoms with Crippen LogP contribution in [-0.2, 0) is 6.42 Å². The molecule has 11 heteroatoms. The van der Waals surface area contributed by atoms with Crippen LogP contribution in [0.2, 0.25) is 0 Å². The van der Waals surface area contributed by atoms with Gasteiger partial charge in [0.05, 0.1) is 12.1 Å². The monoisotopic (exact) mass is 445 g/mol. The van der Waals surface area contributed by atoms with Gasteiger partial charge in [0, 0.05) is 23.7 Å². The van der Waals surface area contributed by atoms with Crippen LogP contribution in [-0.4, -0.2) is 41.5 Å². The molecule has 0 spiro atoms. The summed E-state index contributed by atoms with van der Waals surface area (Å²) in [5.74, 6) is -2.19. The van der Waals surface area contributed by atoms with Gasteiger partial charge in [-0.05, 0) is 47.9 Å². The number of nitrogens with one attached hydrogen (secondary N) is 3. The molecule has 4 N–H and O–H groups in total. The molecular weight excluding hydrogens is 428 g/mol. The molecule has 2 amide bonds. The highest BCUT2D eigenvalue weighted by molar-refractivity contribution is 5.91. The van der Waals surface area contributed by atoms with E-state index in [9.17, 15) is 31.1 Å². The molecule has 0 aliphatic rings. The van der Waals surface area contributed by atoms with Gasteiger partial charge in [-0.1, -0.05) is 0 Å². The fourth-order valence-corrected chi connectivity index (χ4v) is 3.14. The molecule has 0 saturated carbocycles. The number of hydrogen-bond acceptors (Lipinski definition) is 2. The quantitative estimate of drug-likeness (QED) is 0.433. The van der Waals surface area contributed by atoms with Crippen LogP contribution in [0.5, 0.6) is 0 Å². The minimum atomic E-state index is -4.83. The molecule has 1 aromatic heterocycles. The summed E-state index contributed by atoms with van der Waals surface area (Å²) in [6, 6.07) is 3.38. The van der Waals surface area contributed by atoms with E-state index in [4.69, 9.17) is 5.11 Å². The second kappa shape index (κ2) is 8.88. The number of carbonyl (C=O) groups excluding carboxylic acids is 1. The lowest BCUT2D eigenvalue weighted by molar-refractivity contribution is -0.160. The molecule has 0 saturated heterocycles. The maximum Gasteiger partial charge on any atom is 0.410 e. The number of alkyl halides is 3. The Morgan fingerprint density at radius 2 is 1.74 bits per heavy atom. The summed E-state index contributed by atoms with van der Waals surface area (Å²) in [6.45, 7) is -1.51. The lowest BCUT2D eigenvalue weighted by Gasteiger charge is -2.19. The second-order valence-electron chi connectivity index (χ2n) is 6.72.